The number of aryl methyl sites for hydroxylation is 2. The number of ether oxygens (including phenoxy) is 1. The first-order chi connectivity index (χ1) is 11.1. The van der Waals surface area contributed by atoms with Crippen LogP contribution in [0.4, 0.5) is 0 Å². The molecule has 2 aromatic rings. The molecule has 0 aliphatic rings. The molecule has 2 rings (SSSR count). The van der Waals surface area contributed by atoms with Crippen LogP contribution in [0.15, 0.2) is 48.5 Å². The van der Waals surface area contributed by atoms with Gasteiger partial charge in [-0.25, -0.2) is 0 Å². The highest BCUT2D eigenvalue weighted by molar-refractivity contribution is 5.76. The van der Waals surface area contributed by atoms with Crippen LogP contribution in [0, 0.1) is 6.92 Å². The van der Waals surface area contributed by atoms with Crippen LogP contribution in [0.1, 0.15) is 29.2 Å². The molecule has 0 unspecified atom stereocenters. The Balaban J connectivity index is 1.75. The van der Waals surface area contributed by atoms with Gasteiger partial charge in [0.15, 0.2) is 0 Å². The number of rotatable bonds is 7. The van der Waals surface area contributed by atoms with Gasteiger partial charge in [-0.1, -0.05) is 42.0 Å². The molecule has 122 valence electrons. The Morgan fingerprint density at radius 1 is 1.13 bits per heavy atom. The summed E-state index contributed by atoms with van der Waals surface area (Å²) in [6, 6.07) is 15.3. The van der Waals surface area contributed by atoms with Crippen molar-refractivity contribution in [1.82, 2.24) is 5.32 Å². The molecule has 0 aliphatic heterocycles. The van der Waals surface area contributed by atoms with Crippen LogP contribution in [0.25, 0.3) is 0 Å². The Morgan fingerprint density at radius 3 is 2.39 bits per heavy atom. The van der Waals surface area contributed by atoms with E-state index in [1.54, 1.807) is 31.4 Å². The normalized spacial score (nSPS) is 11.8. The van der Waals surface area contributed by atoms with Crippen LogP contribution in [-0.4, -0.2) is 24.7 Å². The van der Waals surface area contributed by atoms with Gasteiger partial charge in [0, 0.05) is 13.0 Å². The summed E-state index contributed by atoms with van der Waals surface area (Å²) >= 11 is 0. The van der Waals surface area contributed by atoms with Crippen molar-refractivity contribution >= 4 is 5.91 Å². The summed E-state index contributed by atoms with van der Waals surface area (Å²) in [5.74, 6) is 0.682. The Labute approximate surface area is 137 Å². The van der Waals surface area contributed by atoms with E-state index in [0.717, 1.165) is 16.9 Å². The molecule has 0 heterocycles. The van der Waals surface area contributed by atoms with Gasteiger partial charge in [-0.2, -0.15) is 0 Å². The van der Waals surface area contributed by atoms with Gasteiger partial charge < -0.3 is 15.2 Å². The van der Waals surface area contributed by atoms with E-state index in [1.807, 2.05) is 31.2 Å². The fourth-order valence-electron chi connectivity index (χ4n) is 2.26. The van der Waals surface area contributed by atoms with Crippen molar-refractivity contribution in [3.8, 4) is 5.75 Å². The van der Waals surface area contributed by atoms with Crippen LogP contribution in [-0.2, 0) is 11.2 Å². The first kappa shape index (κ1) is 17.0. The van der Waals surface area contributed by atoms with E-state index in [1.165, 1.54) is 5.56 Å². The van der Waals surface area contributed by atoms with E-state index < -0.39 is 6.10 Å². The van der Waals surface area contributed by atoms with E-state index in [2.05, 4.69) is 5.32 Å². The second-order valence-electron chi connectivity index (χ2n) is 5.58. The second kappa shape index (κ2) is 8.34. The number of nitrogens with one attached hydrogen (secondary N) is 1. The summed E-state index contributed by atoms with van der Waals surface area (Å²) in [7, 11) is 1.60. The van der Waals surface area contributed by atoms with Crippen LogP contribution in [0.2, 0.25) is 0 Å². The maximum absolute atomic E-state index is 11.9. The third-order valence-corrected chi connectivity index (χ3v) is 3.75. The summed E-state index contributed by atoms with van der Waals surface area (Å²) < 4.78 is 5.08. The molecular formula is C19H23NO3. The number of carbonyl (C=O) groups excluding carboxylic acids is 1. The quantitative estimate of drug-likeness (QED) is 0.826. The molecule has 1 atom stereocenters. The SMILES string of the molecule is COc1ccc([C@@H](O)CNC(=O)CCc2ccc(C)cc2)cc1. The molecule has 4 heteroatoms. The first-order valence-corrected chi connectivity index (χ1v) is 7.73. The molecule has 0 aliphatic carbocycles. The lowest BCUT2D eigenvalue weighted by molar-refractivity contribution is -0.121. The van der Waals surface area contributed by atoms with Gasteiger partial charge in [-0.3, -0.25) is 4.79 Å². The molecule has 0 radical (unpaired) electrons. The zero-order valence-corrected chi connectivity index (χ0v) is 13.6. The molecule has 0 bridgehead atoms. The first-order valence-electron chi connectivity index (χ1n) is 7.73. The maximum Gasteiger partial charge on any atom is 0.220 e. The molecule has 0 spiro atoms. The molecule has 2 N–H and O–H groups in total. The number of aliphatic hydroxyl groups is 1. The third-order valence-electron chi connectivity index (χ3n) is 3.75. The van der Waals surface area contributed by atoms with Gasteiger partial charge in [-0.05, 0) is 36.6 Å². The van der Waals surface area contributed by atoms with E-state index in [4.69, 9.17) is 4.74 Å². The minimum absolute atomic E-state index is 0.0573. The van der Waals surface area contributed by atoms with Gasteiger partial charge in [-0.15, -0.1) is 0 Å². The van der Waals surface area contributed by atoms with Crippen LogP contribution >= 0.6 is 0 Å². The number of hydrogen-bond donors (Lipinski definition) is 2. The smallest absolute Gasteiger partial charge is 0.220 e. The van der Waals surface area contributed by atoms with Gasteiger partial charge >= 0.3 is 0 Å². The molecule has 23 heavy (non-hydrogen) atoms. The third kappa shape index (κ3) is 5.42. The van der Waals surface area contributed by atoms with Gasteiger partial charge in [0.25, 0.3) is 0 Å². The van der Waals surface area contributed by atoms with E-state index in [-0.39, 0.29) is 12.5 Å². The van der Waals surface area contributed by atoms with Gasteiger partial charge in [0.05, 0.1) is 13.2 Å². The molecule has 0 aromatic heterocycles. The number of carbonyl (C=O) groups is 1. The summed E-state index contributed by atoms with van der Waals surface area (Å²) in [5, 5.41) is 12.9. The number of aliphatic hydroxyl groups excluding tert-OH is 1. The maximum atomic E-state index is 11.9. The molecule has 0 saturated heterocycles. The van der Waals surface area contributed by atoms with Crippen molar-refractivity contribution in [3.63, 3.8) is 0 Å². The molecule has 0 saturated carbocycles. The van der Waals surface area contributed by atoms with Crippen LogP contribution in [0.3, 0.4) is 0 Å². The van der Waals surface area contributed by atoms with Crippen molar-refractivity contribution in [1.29, 1.82) is 0 Å². The highest BCUT2D eigenvalue weighted by atomic mass is 16.5. The molecular weight excluding hydrogens is 290 g/mol. The summed E-state index contributed by atoms with van der Waals surface area (Å²) in [5.41, 5.74) is 3.10. The van der Waals surface area contributed by atoms with Crippen molar-refractivity contribution in [2.75, 3.05) is 13.7 Å². The monoisotopic (exact) mass is 313 g/mol. The summed E-state index contributed by atoms with van der Waals surface area (Å²) in [6.45, 7) is 2.25. The second-order valence-corrected chi connectivity index (χ2v) is 5.58. The zero-order chi connectivity index (χ0) is 16.7. The van der Waals surface area contributed by atoms with Gasteiger partial charge in [0.1, 0.15) is 5.75 Å². The van der Waals surface area contributed by atoms with Crippen LogP contribution in [0.5, 0.6) is 5.75 Å². The molecule has 1 amide bonds. The number of hydrogen-bond acceptors (Lipinski definition) is 3. The highest BCUT2D eigenvalue weighted by Gasteiger charge is 2.10. The predicted octanol–water partition coefficient (Wildman–Crippen LogP) is 2.79. The Hall–Kier alpha value is -2.33. The van der Waals surface area contributed by atoms with E-state index >= 15 is 0 Å². The van der Waals surface area contributed by atoms with E-state index in [9.17, 15) is 9.90 Å². The highest BCUT2D eigenvalue weighted by Crippen LogP contribution is 2.17. The Kier molecular flexibility index (Phi) is 6.18. The molecule has 0 fully saturated rings. The topological polar surface area (TPSA) is 58.6 Å². The van der Waals surface area contributed by atoms with Crippen molar-refractivity contribution in [2.45, 2.75) is 25.9 Å². The van der Waals surface area contributed by atoms with Crippen LogP contribution < -0.4 is 10.1 Å². The average molecular weight is 313 g/mol. The zero-order valence-electron chi connectivity index (χ0n) is 13.6. The predicted molar refractivity (Wildman–Crippen MR) is 90.5 cm³/mol. The lowest BCUT2D eigenvalue weighted by atomic mass is 10.1. The minimum atomic E-state index is -0.718. The molecule has 4 nitrogen and oxygen atoms in total. The average Bonchev–Trinajstić information content (AvgIpc) is 2.59. The lowest BCUT2D eigenvalue weighted by Gasteiger charge is -2.13. The Morgan fingerprint density at radius 2 is 1.78 bits per heavy atom. The van der Waals surface area contributed by atoms with Crippen molar-refractivity contribution in [3.05, 3.63) is 65.2 Å². The lowest BCUT2D eigenvalue weighted by Crippen LogP contribution is -2.28. The summed E-state index contributed by atoms with van der Waals surface area (Å²) in [6.07, 6.45) is 0.396. The largest absolute Gasteiger partial charge is 0.497 e. The fraction of sp³-hybridized carbons (Fsp3) is 0.316. The van der Waals surface area contributed by atoms with Crippen molar-refractivity contribution < 1.29 is 14.6 Å². The standard InChI is InChI=1S/C19H23NO3/c1-14-3-5-15(6-4-14)7-12-19(22)20-13-18(21)16-8-10-17(23-2)11-9-16/h3-6,8-11,18,21H,7,12-13H2,1-2H3,(H,20,22)/t18-/m0/s1. The number of amides is 1. The fourth-order valence-corrected chi connectivity index (χ4v) is 2.26. The van der Waals surface area contributed by atoms with Crippen molar-refractivity contribution in [2.24, 2.45) is 0 Å². The summed E-state index contributed by atoms with van der Waals surface area (Å²) in [4.78, 5) is 11.9. The van der Waals surface area contributed by atoms with Gasteiger partial charge in [0.2, 0.25) is 5.91 Å². The number of methoxy groups -OCH3 is 1. The molecule has 2 aromatic carbocycles. The Bertz CT molecular complexity index is 620. The number of benzene rings is 2. The van der Waals surface area contributed by atoms with E-state index in [0.29, 0.717) is 12.8 Å². The minimum Gasteiger partial charge on any atom is -0.497 e.